The molecule has 3 aromatic rings. The number of carbonyl (C=O) groups excluding carboxylic acids is 1. The van der Waals surface area contributed by atoms with E-state index in [1.165, 1.54) is 12.1 Å². The van der Waals surface area contributed by atoms with Crippen molar-refractivity contribution in [1.29, 1.82) is 0 Å². The van der Waals surface area contributed by atoms with Gasteiger partial charge in [-0.3, -0.25) is 4.79 Å². The number of amides is 1. The van der Waals surface area contributed by atoms with Crippen LogP contribution in [0.4, 0.5) is 10.2 Å². The lowest BCUT2D eigenvalue weighted by Crippen LogP contribution is -2.35. The molecule has 1 aliphatic heterocycles. The number of carbonyl (C=O) groups is 1. The van der Waals surface area contributed by atoms with E-state index in [1.807, 2.05) is 19.1 Å². The lowest BCUT2D eigenvalue weighted by Gasteiger charge is -2.24. The molecule has 3 heterocycles. The average molecular weight is 395 g/mol. The Labute approximate surface area is 168 Å². The first kappa shape index (κ1) is 19.0. The second kappa shape index (κ2) is 8.38. The maximum atomic E-state index is 13.5. The molecule has 1 amide bonds. The fourth-order valence-electron chi connectivity index (χ4n) is 3.46. The number of rotatable bonds is 4. The first-order valence-electron chi connectivity index (χ1n) is 9.73. The predicted molar refractivity (Wildman–Crippen MR) is 106 cm³/mol. The molecule has 150 valence electrons. The Morgan fingerprint density at radius 1 is 1.17 bits per heavy atom. The molecule has 4 rings (SSSR count). The molecular weight excluding hydrogens is 373 g/mol. The van der Waals surface area contributed by atoms with Gasteiger partial charge in [-0.25, -0.2) is 9.37 Å². The molecule has 1 aromatic carbocycles. The van der Waals surface area contributed by atoms with Crippen molar-refractivity contribution in [3.63, 3.8) is 0 Å². The molecule has 29 heavy (non-hydrogen) atoms. The standard InChI is InChI=1S/C21H22FN5O2/c1-2-18-24-20(29-25-18)17-8-4-9-23-19(17)26-10-5-11-27(13-12-26)21(28)15-6-3-7-16(22)14-15/h3-4,6-9,14H,2,5,10-13H2,1H3. The van der Waals surface area contributed by atoms with Crippen LogP contribution in [0.15, 0.2) is 47.1 Å². The number of anilines is 1. The van der Waals surface area contributed by atoms with Crippen molar-refractivity contribution in [2.45, 2.75) is 19.8 Å². The van der Waals surface area contributed by atoms with Crippen LogP contribution in [0.1, 0.15) is 29.5 Å². The van der Waals surface area contributed by atoms with Crippen molar-refractivity contribution in [2.75, 3.05) is 31.1 Å². The maximum Gasteiger partial charge on any atom is 0.261 e. The zero-order valence-corrected chi connectivity index (χ0v) is 16.2. The number of aryl methyl sites for hydroxylation is 1. The van der Waals surface area contributed by atoms with Crippen LogP contribution < -0.4 is 4.90 Å². The largest absolute Gasteiger partial charge is 0.354 e. The Bertz CT molecular complexity index is 1010. The predicted octanol–water partition coefficient (Wildman–Crippen LogP) is 3.19. The Kier molecular flexibility index (Phi) is 5.50. The zero-order chi connectivity index (χ0) is 20.2. The molecular formula is C21H22FN5O2. The summed E-state index contributed by atoms with van der Waals surface area (Å²) in [5.41, 5.74) is 1.15. The number of pyridine rings is 1. The second-order valence-electron chi connectivity index (χ2n) is 6.89. The number of aromatic nitrogens is 3. The molecule has 7 nitrogen and oxygen atoms in total. The Balaban J connectivity index is 1.53. The Hall–Kier alpha value is -3.29. The Morgan fingerprint density at radius 3 is 2.86 bits per heavy atom. The van der Waals surface area contributed by atoms with Gasteiger partial charge >= 0.3 is 0 Å². The van der Waals surface area contributed by atoms with Gasteiger partial charge in [0.15, 0.2) is 5.82 Å². The van der Waals surface area contributed by atoms with Crippen LogP contribution in [-0.4, -0.2) is 52.1 Å². The first-order valence-corrected chi connectivity index (χ1v) is 9.73. The van der Waals surface area contributed by atoms with Gasteiger partial charge in [-0.2, -0.15) is 4.98 Å². The van der Waals surface area contributed by atoms with E-state index in [1.54, 1.807) is 23.2 Å². The summed E-state index contributed by atoms with van der Waals surface area (Å²) in [7, 11) is 0. The van der Waals surface area contributed by atoms with E-state index < -0.39 is 5.82 Å². The molecule has 0 unspecified atom stereocenters. The van der Waals surface area contributed by atoms with Gasteiger partial charge < -0.3 is 14.3 Å². The van der Waals surface area contributed by atoms with Gasteiger partial charge in [0.05, 0.1) is 5.56 Å². The Morgan fingerprint density at radius 2 is 2.07 bits per heavy atom. The van der Waals surface area contributed by atoms with Crippen molar-refractivity contribution >= 4 is 11.7 Å². The van der Waals surface area contributed by atoms with Gasteiger partial charge in [-0.05, 0) is 36.8 Å². The highest BCUT2D eigenvalue weighted by Crippen LogP contribution is 2.28. The molecule has 0 aliphatic carbocycles. The van der Waals surface area contributed by atoms with Gasteiger partial charge in [0.2, 0.25) is 0 Å². The number of halogens is 1. The molecule has 1 fully saturated rings. The third-order valence-corrected chi connectivity index (χ3v) is 4.96. The van der Waals surface area contributed by atoms with Gasteiger partial charge in [-0.15, -0.1) is 0 Å². The summed E-state index contributed by atoms with van der Waals surface area (Å²) >= 11 is 0. The van der Waals surface area contributed by atoms with Crippen molar-refractivity contribution in [2.24, 2.45) is 0 Å². The quantitative estimate of drug-likeness (QED) is 0.675. The van der Waals surface area contributed by atoms with E-state index >= 15 is 0 Å². The second-order valence-corrected chi connectivity index (χ2v) is 6.89. The minimum atomic E-state index is -0.406. The summed E-state index contributed by atoms with van der Waals surface area (Å²) in [6, 6.07) is 9.57. The molecule has 0 radical (unpaired) electrons. The summed E-state index contributed by atoms with van der Waals surface area (Å²) in [5, 5.41) is 3.98. The number of benzene rings is 1. The molecule has 0 saturated carbocycles. The minimum Gasteiger partial charge on any atom is -0.354 e. The van der Waals surface area contributed by atoms with Crippen molar-refractivity contribution < 1.29 is 13.7 Å². The number of nitrogens with zero attached hydrogens (tertiary/aromatic N) is 5. The highest BCUT2D eigenvalue weighted by Gasteiger charge is 2.24. The van der Waals surface area contributed by atoms with E-state index in [9.17, 15) is 9.18 Å². The summed E-state index contributed by atoms with van der Waals surface area (Å²) in [6.45, 7) is 4.45. The van der Waals surface area contributed by atoms with Crippen molar-refractivity contribution in [3.05, 3.63) is 59.8 Å². The molecule has 8 heteroatoms. The van der Waals surface area contributed by atoms with Crippen LogP contribution in [0.25, 0.3) is 11.5 Å². The van der Waals surface area contributed by atoms with Gasteiger partial charge in [0.25, 0.3) is 11.8 Å². The topological polar surface area (TPSA) is 75.4 Å². The summed E-state index contributed by atoms with van der Waals surface area (Å²) < 4.78 is 18.9. The normalized spacial score (nSPS) is 14.7. The minimum absolute atomic E-state index is 0.155. The van der Waals surface area contributed by atoms with Crippen LogP contribution in [0.2, 0.25) is 0 Å². The molecule has 0 N–H and O–H groups in total. The zero-order valence-electron chi connectivity index (χ0n) is 16.2. The number of hydrogen-bond acceptors (Lipinski definition) is 6. The van der Waals surface area contributed by atoms with E-state index in [2.05, 4.69) is 20.0 Å². The molecule has 0 spiro atoms. The van der Waals surface area contributed by atoms with Crippen molar-refractivity contribution in [3.8, 4) is 11.5 Å². The van der Waals surface area contributed by atoms with E-state index in [4.69, 9.17) is 4.52 Å². The van der Waals surface area contributed by atoms with E-state index in [0.29, 0.717) is 43.3 Å². The summed E-state index contributed by atoms with van der Waals surface area (Å²) in [6.07, 6.45) is 3.21. The fourth-order valence-corrected chi connectivity index (χ4v) is 3.46. The van der Waals surface area contributed by atoms with Crippen LogP contribution >= 0.6 is 0 Å². The lowest BCUT2D eigenvalue weighted by atomic mass is 10.2. The monoisotopic (exact) mass is 395 g/mol. The third kappa shape index (κ3) is 4.11. The highest BCUT2D eigenvalue weighted by molar-refractivity contribution is 5.94. The maximum absolute atomic E-state index is 13.5. The van der Waals surface area contributed by atoms with Gasteiger partial charge in [0, 0.05) is 44.4 Å². The number of hydrogen-bond donors (Lipinski definition) is 0. The summed E-state index contributed by atoms with van der Waals surface area (Å²) in [5.74, 6) is 1.30. The van der Waals surface area contributed by atoms with Crippen molar-refractivity contribution in [1.82, 2.24) is 20.0 Å². The van der Waals surface area contributed by atoms with Gasteiger partial charge in [-0.1, -0.05) is 18.1 Å². The molecule has 1 saturated heterocycles. The van der Waals surface area contributed by atoms with Gasteiger partial charge in [0.1, 0.15) is 11.6 Å². The van der Waals surface area contributed by atoms with Crippen LogP contribution in [0, 0.1) is 5.82 Å². The van der Waals surface area contributed by atoms with Crippen LogP contribution in [0.5, 0.6) is 0 Å². The SMILES string of the molecule is CCc1noc(-c2cccnc2N2CCCN(C(=O)c3cccc(F)c3)CC2)n1. The molecule has 0 atom stereocenters. The van der Waals surface area contributed by atoms with Crippen LogP contribution in [0.3, 0.4) is 0 Å². The molecule has 2 aromatic heterocycles. The first-order chi connectivity index (χ1) is 14.2. The van der Waals surface area contributed by atoms with E-state index in [-0.39, 0.29) is 5.91 Å². The average Bonchev–Trinajstić information content (AvgIpc) is 3.10. The smallest absolute Gasteiger partial charge is 0.261 e. The highest BCUT2D eigenvalue weighted by atomic mass is 19.1. The summed E-state index contributed by atoms with van der Waals surface area (Å²) in [4.78, 5) is 25.6. The third-order valence-electron chi connectivity index (χ3n) is 4.96. The molecule has 1 aliphatic rings. The van der Waals surface area contributed by atoms with E-state index in [0.717, 1.165) is 24.3 Å². The fraction of sp³-hybridized carbons (Fsp3) is 0.333. The molecule has 0 bridgehead atoms. The van der Waals surface area contributed by atoms with Crippen LogP contribution in [-0.2, 0) is 6.42 Å². The lowest BCUT2D eigenvalue weighted by molar-refractivity contribution is 0.0766.